The fourth-order valence-corrected chi connectivity index (χ4v) is 0.971. The first-order valence-electron chi connectivity index (χ1n) is 4.91. The SMILES string of the molecule is COCCOCC(O)CCC(C)C. The maximum Gasteiger partial charge on any atom is 0.0773 e. The third kappa shape index (κ3) is 9.80. The third-order valence-electron chi connectivity index (χ3n) is 1.82. The van der Waals surface area contributed by atoms with Gasteiger partial charge in [-0.1, -0.05) is 13.8 Å². The number of aliphatic hydroxyl groups excluding tert-OH is 1. The van der Waals surface area contributed by atoms with E-state index in [1.54, 1.807) is 7.11 Å². The number of hydrogen-bond donors (Lipinski definition) is 1. The van der Waals surface area contributed by atoms with Gasteiger partial charge in [0, 0.05) is 7.11 Å². The second-order valence-electron chi connectivity index (χ2n) is 3.69. The van der Waals surface area contributed by atoms with Gasteiger partial charge < -0.3 is 14.6 Å². The molecule has 0 aliphatic carbocycles. The van der Waals surface area contributed by atoms with E-state index in [9.17, 15) is 5.11 Å². The average molecular weight is 190 g/mol. The van der Waals surface area contributed by atoms with Crippen LogP contribution in [0.1, 0.15) is 26.7 Å². The highest BCUT2D eigenvalue weighted by molar-refractivity contribution is 4.56. The molecule has 1 atom stereocenters. The zero-order valence-corrected chi connectivity index (χ0v) is 8.95. The van der Waals surface area contributed by atoms with Crippen LogP contribution in [0.25, 0.3) is 0 Å². The van der Waals surface area contributed by atoms with Crippen molar-refractivity contribution in [1.82, 2.24) is 0 Å². The van der Waals surface area contributed by atoms with Gasteiger partial charge in [-0.3, -0.25) is 0 Å². The number of methoxy groups -OCH3 is 1. The van der Waals surface area contributed by atoms with Crippen LogP contribution in [0.15, 0.2) is 0 Å². The summed E-state index contributed by atoms with van der Waals surface area (Å²) in [5.41, 5.74) is 0. The highest BCUT2D eigenvalue weighted by atomic mass is 16.5. The van der Waals surface area contributed by atoms with Crippen molar-refractivity contribution in [1.29, 1.82) is 0 Å². The fraction of sp³-hybridized carbons (Fsp3) is 1.00. The van der Waals surface area contributed by atoms with Crippen molar-refractivity contribution < 1.29 is 14.6 Å². The molecule has 0 bridgehead atoms. The summed E-state index contributed by atoms with van der Waals surface area (Å²) >= 11 is 0. The van der Waals surface area contributed by atoms with E-state index in [1.807, 2.05) is 0 Å². The molecule has 0 radical (unpaired) electrons. The molecule has 1 N–H and O–H groups in total. The van der Waals surface area contributed by atoms with Crippen molar-refractivity contribution >= 4 is 0 Å². The van der Waals surface area contributed by atoms with Gasteiger partial charge in [-0.05, 0) is 18.8 Å². The Labute approximate surface area is 81.0 Å². The Bertz CT molecular complexity index is 104. The highest BCUT2D eigenvalue weighted by Crippen LogP contribution is 2.06. The van der Waals surface area contributed by atoms with Crippen LogP contribution in [-0.2, 0) is 9.47 Å². The van der Waals surface area contributed by atoms with Gasteiger partial charge in [0.15, 0.2) is 0 Å². The molecule has 0 aromatic carbocycles. The van der Waals surface area contributed by atoms with E-state index in [0.29, 0.717) is 25.7 Å². The summed E-state index contributed by atoms with van der Waals surface area (Å²) in [7, 11) is 1.64. The smallest absolute Gasteiger partial charge is 0.0773 e. The predicted octanol–water partition coefficient (Wildman–Crippen LogP) is 1.45. The lowest BCUT2D eigenvalue weighted by Gasteiger charge is -2.12. The summed E-state index contributed by atoms with van der Waals surface area (Å²) in [4.78, 5) is 0. The van der Waals surface area contributed by atoms with E-state index in [-0.39, 0.29) is 6.10 Å². The number of hydrogen-bond acceptors (Lipinski definition) is 3. The molecule has 13 heavy (non-hydrogen) atoms. The average Bonchev–Trinajstić information content (AvgIpc) is 2.09. The van der Waals surface area contributed by atoms with Crippen LogP contribution < -0.4 is 0 Å². The van der Waals surface area contributed by atoms with Gasteiger partial charge in [-0.2, -0.15) is 0 Å². The van der Waals surface area contributed by atoms with Crippen molar-refractivity contribution in [3.63, 3.8) is 0 Å². The molecule has 0 saturated carbocycles. The molecule has 1 unspecified atom stereocenters. The minimum absolute atomic E-state index is 0.320. The van der Waals surface area contributed by atoms with Gasteiger partial charge in [-0.15, -0.1) is 0 Å². The monoisotopic (exact) mass is 190 g/mol. The molecule has 0 aliphatic rings. The lowest BCUT2D eigenvalue weighted by molar-refractivity contribution is 0.00866. The van der Waals surface area contributed by atoms with E-state index in [4.69, 9.17) is 9.47 Å². The summed E-state index contributed by atoms with van der Waals surface area (Å²) in [5, 5.41) is 9.43. The zero-order valence-electron chi connectivity index (χ0n) is 8.95. The molecule has 0 aromatic heterocycles. The van der Waals surface area contributed by atoms with E-state index in [2.05, 4.69) is 13.8 Å². The summed E-state index contributed by atoms with van der Waals surface area (Å²) < 4.78 is 10.0. The molecule has 0 amide bonds. The van der Waals surface area contributed by atoms with Crippen LogP contribution >= 0.6 is 0 Å². The first-order valence-corrected chi connectivity index (χ1v) is 4.91. The van der Waals surface area contributed by atoms with Crippen LogP contribution in [0.4, 0.5) is 0 Å². The van der Waals surface area contributed by atoms with Crippen molar-refractivity contribution in [2.24, 2.45) is 5.92 Å². The molecular weight excluding hydrogens is 168 g/mol. The van der Waals surface area contributed by atoms with Crippen LogP contribution in [0.2, 0.25) is 0 Å². The topological polar surface area (TPSA) is 38.7 Å². The Morgan fingerprint density at radius 1 is 1.15 bits per heavy atom. The Morgan fingerprint density at radius 2 is 1.85 bits per heavy atom. The second-order valence-corrected chi connectivity index (χ2v) is 3.69. The Balaban J connectivity index is 3.15. The standard InChI is InChI=1S/C10H22O3/c1-9(2)4-5-10(11)8-13-7-6-12-3/h9-11H,4-8H2,1-3H3. The maximum absolute atomic E-state index is 9.43. The Hall–Kier alpha value is -0.120. The quantitative estimate of drug-likeness (QED) is 0.589. The van der Waals surface area contributed by atoms with Crippen LogP contribution in [-0.4, -0.2) is 38.1 Å². The summed E-state index contributed by atoms with van der Waals surface area (Å²) in [5.74, 6) is 0.647. The molecule has 0 saturated heterocycles. The van der Waals surface area contributed by atoms with Gasteiger partial charge in [0.2, 0.25) is 0 Å². The first-order chi connectivity index (χ1) is 6.16. The zero-order chi connectivity index (χ0) is 10.1. The van der Waals surface area contributed by atoms with Gasteiger partial charge >= 0.3 is 0 Å². The molecule has 0 aromatic rings. The van der Waals surface area contributed by atoms with Gasteiger partial charge in [0.1, 0.15) is 0 Å². The first kappa shape index (κ1) is 12.9. The maximum atomic E-state index is 9.43. The molecule has 0 fully saturated rings. The van der Waals surface area contributed by atoms with Crippen LogP contribution in [0.5, 0.6) is 0 Å². The van der Waals surface area contributed by atoms with E-state index in [1.165, 1.54) is 0 Å². The lowest BCUT2D eigenvalue weighted by atomic mass is 10.1. The lowest BCUT2D eigenvalue weighted by Crippen LogP contribution is -2.17. The Morgan fingerprint density at radius 3 is 2.38 bits per heavy atom. The molecule has 80 valence electrons. The minimum atomic E-state index is -0.320. The number of rotatable bonds is 8. The normalized spacial score (nSPS) is 13.6. The van der Waals surface area contributed by atoms with Gasteiger partial charge in [0.25, 0.3) is 0 Å². The highest BCUT2D eigenvalue weighted by Gasteiger charge is 2.05. The van der Waals surface area contributed by atoms with Crippen LogP contribution in [0, 0.1) is 5.92 Å². The molecule has 3 nitrogen and oxygen atoms in total. The Kier molecular flexibility index (Phi) is 8.40. The van der Waals surface area contributed by atoms with Crippen LogP contribution in [0.3, 0.4) is 0 Å². The largest absolute Gasteiger partial charge is 0.391 e. The van der Waals surface area contributed by atoms with Crippen molar-refractivity contribution in [2.75, 3.05) is 26.9 Å². The van der Waals surface area contributed by atoms with E-state index >= 15 is 0 Å². The van der Waals surface area contributed by atoms with Gasteiger partial charge in [0.05, 0.1) is 25.9 Å². The number of aliphatic hydroxyl groups is 1. The van der Waals surface area contributed by atoms with Crippen molar-refractivity contribution in [3.05, 3.63) is 0 Å². The summed E-state index contributed by atoms with van der Waals surface area (Å²) in [6, 6.07) is 0. The molecule has 0 heterocycles. The fourth-order valence-electron chi connectivity index (χ4n) is 0.971. The van der Waals surface area contributed by atoms with Crippen molar-refractivity contribution in [2.45, 2.75) is 32.8 Å². The molecular formula is C10H22O3. The molecule has 0 spiro atoms. The minimum Gasteiger partial charge on any atom is -0.391 e. The molecule has 0 aliphatic heterocycles. The number of ether oxygens (including phenoxy) is 2. The molecule has 3 heteroatoms. The summed E-state index contributed by atoms with van der Waals surface area (Å²) in [6.45, 7) is 5.89. The van der Waals surface area contributed by atoms with E-state index < -0.39 is 0 Å². The summed E-state index contributed by atoms with van der Waals surface area (Å²) in [6.07, 6.45) is 1.55. The van der Waals surface area contributed by atoms with E-state index in [0.717, 1.165) is 12.8 Å². The van der Waals surface area contributed by atoms with Crippen molar-refractivity contribution in [3.8, 4) is 0 Å². The predicted molar refractivity (Wildman–Crippen MR) is 52.8 cm³/mol. The second kappa shape index (κ2) is 8.48. The molecule has 0 rings (SSSR count). The van der Waals surface area contributed by atoms with Gasteiger partial charge in [-0.25, -0.2) is 0 Å². The third-order valence-corrected chi connectivity index (χ3v) is 1.82.